The van der Waals surface area contributed by atoms with Crippen molar-refractivity contribution in [3.05, 3.63) is 70.8 Å². The van der Waals surface area contributed by atoms with Crippen molar-refractivity contribution in [3.63, 3.8) is 0 Å². The van der Waals surface area contributed by atoms with Crippen LogP contribution in [0.5, 0.6) is 0 Å². The quantitative estimate of drug-likeness (QED) is 0.433. The van der Waals surface area contributed by atoms with Gasteiger partial charge < -0.3 is 5.32 Å². The van der Waals surface area contributed by atoms with Crippen LogP contribution in [-0.2, 0) is 7.05 Å². The number of nitrogens with zero attached hydrogens (tertiary/aromatic N) is 6. The van der Waals surface area contributed by atoms with E-state index in [0.717, 1.165) is 35.0 Å². The Hall–Kier alpha value is -4.07. The standard InChI is InChI=1S/C26H23N7O/c1-32-14-18-12-17(6-11-21(18)31-32)23-25(34)33(20-9-4-16(5-10-20)15-2-3-15)24-22(29-23)13-27-26(30-24)28-19-7-8-19/h4-6,9-15,19H,2-3,7-8H2,1H3,(H,27,28,30). The second-order valence-corrected chi connectivity index (χ2v) is 9.36. The van der Waals surface area contributed by atoms with Gasteiger partial charge in [0.05, 0.1) is 17.4 Å². The predicted octanol–water partition coefficient (Wildman–Crippen LogP) is 4.18. The van der Waals surface area contributed by atoms with E-state index in [1.807, 2.05) is 43.6 Å². The molecular weight excluding hydrogens is 426 g/mol. The molecule has 34 heavy (non-hydrogen) atoms. The lowest BCUT2D eigenvalue weighted by molar-refractivity contribution is 0.780. The zero-order chi connectivity index (χ0) is 22.8. The number of aryl methyl sites for hydroxylation is 1. The average Bonchev–Trinajstić information content (AvgIpc) is 3.77. The number of rotatable bonds is 5. The van der Waals surface area contributed by atoms with Gasteiger partial charge in [0.15, 0.2) is 5.65 Å². The van der Waals surface area contributed by atoms with Gasteiger partial charge in [-0.25, -0.2) is 9.97 Å². The van der Waals surface area contributed by atoms with E-state index in [1.165, 1.54) is 18.4 Å². The van der Waals surface area contributed by atoms with Crippen molar-refractivity contribution in [1.29, 1.82) is 0 Å². The van der Waals surface area contributed by atoms with Gasteiger partial charge in [0.2, 0.25) is 5.95 Å². The van der Waals surface area contributed by atoms with Crippen LogP contribution >= 0.6 is 0 Å². The van der Waals surface area contributed by atoms with Gasteiger partial charge >= 0.3 is 0 Å². The Labute approximate surface area is 195 Å². The van der Waals surface area contributed by atoms with Gasteiger partial charge in [-0.1, -0.05) is 18.2 Å². The van der Waals surface area contributed by atoms with Crippen LogP contribution in [0.2, 0.25) is 0 Å². The minimum Gasteiger partial charge on any atom is -0.351 e. The molecule has 0 atom stereocenters. The molecule has 0 bridgehead atoms. The molecule has 7 rings (SSSR count). The maximum absolute atomic E-state index is 13.9. The van der Waals surface area contributed by atoms with E-state index in [2.05, 4.69) is 27.5 Å². The first-order chi connectivity index (χ1) is 16.6. The topological polar surface area (TPSA) is 90.5 Å². The monoisotopic (exact) mass is 449 g/mol. The Morgan fingerprint density at radius 2 is 1.79 bits per heavy atom. The third-order valence-electron chi connectivity index (χ3n) is 6.60. The maximum atomic E-state index is 13.9. The van der Waals surface area contributed by atoms with Crippen molar-refractivity contribution in [1.82, 2.24) is 29.3 Å². The fourth-order valence-corrected chi connectivity index (χ4v) is 4.50. The van der Waals surface area contributed by atoms with Gasteiger partial charge in [0.1, 0.15) is 11.2 Å². The molecule has 0 saturated heterocycles. The molecule has 0 aliphatic heterocycles. The number of nitrogens with one attached hydrogen (secondary N) is 1. The van der Waals surface area contributed by atoms with Gasteiger partial charge in [-0.2, -0.15) is 10.1 Å². The molecule has 168 valence electrons. The molecule has 2 aromatic carbocycles. The molecule has 0 spiro atoms. The predicted molar refractivity (Wildman–Crippen MR) is 131 cm³/mol. The van der Waals surface area contributed by atoms with Crippen molar-refractivity contribution in [2.75, 3.05) is 5.32 Å². The third-order valence-corrected chi connectivity index (χ3v) is 6.60. The number of hydrogen-bond acceptors (Lipinski definition) is 6. The minimum absolute atomic E-state index is 0.203. The third kappa shape index (κ3) is 3.34. The van der Waals surface area contributed by atoms with Crippen molar-refractivity contribution < 1.29 is 0 Å². The molecule has 3 heterocycles. The molecule has 2 saturated carbocycles. The van der Waals surface area contributed by atoms with Crippen LogP contribution < -0.4 is 10.9 Å². The number of hydrogen-bond donors (Lipinski definition) is 1. The van der Waals surface area contributed by atoms with Crippen LogP contribution in [0.4, 0.5) is 5.95 Å². The fourth-order valence-electron chi connectivity index (χ4n) is 4.50. The summed E-state index contributed by atoms with van der Waals surface area (Å²) < 4.78 is 3.44. The second kappa shape index (κ2) is 7.21. The zero-order valence-corrected chi connectivity index (χ0v) is 18.8. The summed E-state index contributed by atoms with van der Waals surface area (Å²) in [5, 5.41) is 8.73. The first-order valence-corrected chi connectivity index (χ1v) is 11.7. The number of aromatic nitrogens is 6. The number of benzene rings is 2. The average molecular weight is 450 g/mol. The van der Waals surface area contributed by atoms with Crippen molar-refractivity contribution in [2.24, 2.45) is 7.05 Å². The van der Waals surface area contributed by atoms with Crippen LogP contribution in [-0.4, -0.2) is 35.3 Å². The van der Waals surface area contributed by atoms with Crippen LogP contribution in [0.3, 0.4) is 0 Å². The Balaban J connectivity index is 1.44. The summed E-state index contributed by atoms with van der Waals surface area (Å²) >= 11 is 0. The highest BCUT2D eigenvalue weighted by Crippen LogP contribution is 2.40. The summed E-state index contributed by atoms with van der Waals surface area (Å²) in [6.07, 6.45) is 8.35. The second-order valence-electron chi connectivity index (χ2n) is 9.36. The fraction of sp³-hybridized carbons (Fsp3) is 0.269. The molecule has 0 amide bonds. The van der Waals surface area contributed by atoms with E-state index < -0.39 is 0 Å². The van der Waals surface area contributed by atoms with Crippen molar-refractivity contribution in [2.45, 2.75) is 37.6 Å². The highest BCUT2D eigenvalue weighted by Gasteiger charge is 2.25. The molecule has 8 nitrogen and oxygen atoms in total. The van der Waals surface area contributed by atoms with Crippen molar-refractivity contribution >= 4 is 28.0 Å². The lowest BCUT2D eigenvalue weighted by Crippen LogP contribution is -2.23. The minimum atomic E-state index is -0.203. The Bertz CT molecular complexity index is 1630. The van der Waals surface area contributed by atoms with Crippen LogP contribution in [0.15, 0.2) is 59.7 Å². The largest absolute Gasteiger partial charge is 0.351 e. The van der Waals surface area contributed by atoms with E-state index in [1.54, 1.807) is 15.4 Å². The molecule has 0 unspecified atom stereocenters. The molecule has 2 aliphatic carbocycles. The molecule has 1 N–H and O–H groups in total. The summed E-state index contributed by atoms with van der Waals surface area (Å²) in [5.74, 6) is 1.18. The summed E-state index contributed by atoms with van der Waals surface area (Å²) in [6.45, 7) is 0. The summed E-state index contributed by atoms with van der Waals surface area (Å²) in [6, 6.07) is 14.5. The zero-order valence-electron chi connectivity index (χ0n) is 18.8. The summed E-state index contributed by atoms with van der Waals surface area (Å²) in [5.41, 5.74) is 4.98. The van der Waals surface area contributed by atoms with E-state index in [9.17, 15) is 4.79 Å². The molecule has 8 heteroatoms. The number of anilines is 1. The summed E-state index contributed by atoms with van der Waals surface area (Å²) in [7, 11) is 1.89. The van der Waals surface area contributed by atoms with E-state index in [4.69, 9.17) is 9.97 Å². The molecule has 0 radical (unpaired) electrons. The first kappa shape index (κ1) is 19.4. The SMILES string of the molecule is Cn1cc2cc(-c3nc4cnc(NC5CC5)nc4n(-c4ccc(C5CC5)cc4)c3=O)ccc2n1. The summed E-state index contributed by atoms with van der Waals surface area (Å²) in [4.78, 5) is 27.8. The highest BCUT2D eigenvalue weighted by atomic mass is 16.1. The highest BCUT2D eigenvalue weighted by molar-refractivity contribution is 5.84. The van der Waals surface area contributed by atoms with Crippen LogP contribution in [0, 0.1) is 0 Å². The van der Waals surface area contributed by atoms with Gasteiger partial charge in [0, 0.05) is 30.2 Å². The van der Waals surface area contributed by atoms with Crippen molar-refractivity contribution in [3.8, 4) is 16.9 Å². The van der Waals surface area contributed by atoms with Gasteiger partial charge in [0.25, 0.3) is 5.56 Å². The van der Waals surface area contributed by atoms with Gasteiger partial charge in [-0.05, 0) is 61.4 Å². The van der Waals surface area contributed by atoms with Crippen LogP contribution in [0.25, 0.3) is 39.0 Å². The molecule has 5 aromatic rings. The Morgan fingerprint density at radius 3 is 2.56 bits per heavy atom. The van der Waals surface area contributed by atoms with Gasteiger partial charge in [-0.3, -0.25) is 14.0 Å². The normalized spacial score (nSPS) is 15.8. The maximum Gasteiger partial charge on any atom is 0.283 e. The van der Waals surface area contributed by atoms with E-state index in [-0.39, 0.29) is 5.56 Å². The Morgan fingerprint density at radius 1 is 0.971 bits per heavy atom. The smallest absolute Gasteiger partial charge is 0.283 e. The molecule has 3 aromatic heterocycles. The van der Waals surface area contributed by atoms with Gasteiger partial charge in [-0.15, -0.1) is 0 Å². The first-order valence-electron chi connectivity index (χ1n) is 11.7. The van der Waals surface area contributed by atoms with E-state index in [0.29, 0.717) is 34.8 Å². The van der Waals surface area contributed by atoms with Crippen LogP contribution in [0.1, 0.15) is 37.2 Å². The lowest BCUT2D eigenvalue weighted by atomic mass is 10.1. The number of fused-ring (bicyclic) bond motifs is 2. The lowest BCUT2D eigenvalue weighted by Gasteiger charge is -2.13. The van der Waals surface area contributed by atoms with E-state index >= 15 is 0 Å². The molecule has 2 fully saturated rings. The molecule has 2 aliphatic rings. The Kier molecular flexibility index (Phi) is 4.12. The molecular formula is C26H23N7O.